The van der Waals surface area contributed by atoms with Crippen molar-refractivity contribution in [3.63, 3.8) is 0 Å². The lowest BCUT2D eigenvalue weighted by atomic mass is 10.1. The molecule has 64 heavy (non-hydrogen) atoms. The summed E-state index contributed by atoms with van der Waals surface area (Å²) in [5.41, 5.74) is 3.14. The minimum atomic E-state index is -0.467. The number of nitrogens with one attached hydrogen (secondary N) is 2. The number of methoxy groups -OCH3 is 3. The lowest BCUT2D eigenvalue weighted by Gasteiger charge is -2.06. The zero-order valence-electron chi connectivity index (χ0n) is 36.9. The van der Waals surface area contributed by atoms with Gasteiger partial charge in [0.2, 0.25) is 0 Å². The van der Waals surface area contributed by atoms with Crippen molar-refractivity contribution in [2.24, 2.45) is 0 Å². The third kappa shape index (κ3) is 24.8. The van der Waals surface area contributed by atoms with Crippen molar-refractivity contribution in [2.45, 2.75) is 51.4 Å². The van der Waals surface area contributed by atoms with Crippen LogP contribution in [0.4, 0.5) is 0 Å². The van der Waals surface area contributed by atoms with Gasteiger partial charge in [-0.05, 0) is 153 Å². The van der Waals surface area contributed by atoms with E-state index in [1.807, 2.05) is 24.3 Å². The molecule has 0 unspecified atom stereocenters. The standard InChI is InChI=1S/2C16H20O4.C10H11NO3.C8H9NO/c2*1-2-16(18)20-12-6-4-3-5-11-19-15-9-7-14(13-17)8-10-15;1-13-9-4-3-7(6-11)5-8(9)10(12)14-2;1-10-8-4-2-7(6-9)3-5-8/h2*2,7-10,13H,1,3-6,11-12H2;3-6,11H,1-2H3;2-6,9H,1H3. The Morgan fingerprint density at radius 1 is 0.500 bits per heavy atom. The number of esters is 3. The number of benzene rings is 4. The largest absolute Gasteiger partial charge is 0.497 e. The molecule has 0 amide bonds. The van der Waals surface area contributed by atoms with Crippen LogP contribution in [0.15, 0.2) is 116 Å². The highest BCUT2D eigenvalue weighted by Gasteiger charge is 2.12. The number of carbonyl (C=O) groups excluding carboxylic acids is 5. The zero-order valence-corrected chi connectivity index (χ0v) is 36.9. The SMILES string of the molecule is C=CC(=O)OCCCCCCOc1ccc(C=O)cc1.C=CC(=O)OCCCCCCOc1ccc(C=O)cc1.COC(=O)c1cc(C=N)ccc1OC.COc1ccc(C=N)cc1. The second-order valence-electron chi connectivity index (χ2n) is 13.2. The zero-order chi connectivity index (χ0) is 47.2. The predicted octanol–water partition coefficient (Wildman–Crippen LogP) is 9.51. The van der Waals surface area contributed by atoms with Gasteiger partial charge in [-0.1, -0.05) is 13.2 Å². The Morgan fingerprint density at radius 2 is 0.891 bits per heavy atom. The molecular weight excluding hydrogens is 821 g/mol. The molecule has 0 heterocycles. The minimum absolute atomic E-state index is 0.330. The first-order chi connectivity index (χ1) is 31.1. The highest BCUT2D eigenvalue weighted by Crippen LogP contribution is 2.20. The van der Waals surface area contributed by atoms with Gasteiger partial charge in [0.1, 0.15) is 41.1 Å². The maximum atomic E-state index is 11.3. The fourth-order valence-corrected chi connectivity index (χ4v) is 5.03. The van der Waals surface area contributed by atoms with Gasteiger partial charge in [-0.2, -0.15) is 0 Å². The average Bonchev–Trinajstić information content (AvgIpc) is 3.35. The summed E-state index contributed by atoms with van der Waals surface area (Å²) in [4.78, 5) is 53.8. The van der Waals surface area contributed by atoms with Crippen molar-refractivity contribution in [3.05, 3.63) is 144 Å². The number of carbonyl (C=O) groups is 5. The van der Waals surface area contributed by atoms with Crippen LogP contribution in [0.25, 0.3) is 0 Å². The summed E-state index contributed by atoms with van der Waals surface area (Å²) in [7, 11) is 4.41. The van der Waals surface area contributed by atoms with Gasteiger partial charge >= 0.3 is 17.9 Å². The maximum Gasteiger partial charge on any atom is 0.341 e. The molecule has 0 aliphatic rings. The number of hydrogen-bond acceptors (Lipinski definition) is 14. The molecule has 0 aromatic heterocycles. The van der Waals surface area contributed by atoms with Crippen LogP contribution in [0.3, 0.4) is 0 Å². The van der Waals surface area contributed by atoms with E-state index in [1.165, 1.54) is 32.6 Å². The van der Waals surface area contributed by atoms with Crippen molar-refractivity contribution in [2.75, 3.05) is 47.8 Å². The van der Waals surface area contributed by atoms with Crippen LogP contribution in [0.2, 0.25) is 0 Å². The predicted molar refractivity (Wildman–Crippen MR) is 247 cm³/mol. The molecule has 2 N–H and O–H groups in total. The molecule has 0 radical (unpaired) electrons. The van der Waals surface area contributed by atoms with Gasteiger partial charge in [0, 0.05) is 35.7 Å². The third-order valence-corrected chi connectivity index (χ3v) is 8.55. The molecule has 0 bridgehead atoms. The van der Waals surface area contributed by atoms with E-state index < -0.39 is 5.97 Å². The molecule has 0 fully saturated rings. The molecule has 0 aliphatic carbocycles. The quantitative estimate of drug-likeness (QED) is 0.0160. The number of unbranched alkanes of at least 4 members (excludes halogenated alkanes) is 6. The van der Waals surface area contributed by atoms with E-state index in [9.17, 15) is 24.0 Å². The van der Waals surface area contributed by atoms with Gasteiger partial charge in [0.05, 0.1) is 47.8 Å². The van der Waals surface area contributed by atoms with Crippen LogP contribution in [0.5, 0.6) is 23.0 Å². The molecule has 0 atom stereocenters. The molecule has 4 aromatic carbocycles. The van der Waals surface area contributed by atoms with Crippen molar-refractivity contribution in [1.29, 1.82) is 10.8 Å². The normalized spacial score (nSPS) is 9.55. The first kappa shape index (κ1) is 54.7. The summed E-state index contributed by atoms with van der Waals surface area (Å²) in [5, 5.41) is 14.0. The Morgan fingerprint density at radius 3 is 1.25 bits per heavy atom. The summed E-state index contributed by atoms with van der Waals surface area (Å²) in [5.74, 6) is 1.61. The Balaban J connectivity index is 0.000000440. The van der Waals surface area contributed by atoms with Crippen molar-refractivity contribution >= 4 is 42.9 Å². The van der Waals surface area contributed by atoms with E-state index in [4.69, 9.17) is 39.2 Å². The van der Waals surface area contributed by atoms with Gasteiger partial charge in [-0.15, -0.1) is 0 Å². The maximum absolute atomic E-state index is 11.3. The molecule has 4 aromatic rings. The third-order valence-electron chi connectivity index (χ3n) is 8.55. The summed E-state index contributed by atoms with van der Waals surface area (Å²) in [6, 6.07) is 26.3. The number of aldehydes is 2. The topological polar surface area (TPSA) is 198 Å². The summed E-state index contributed by atoms with van der Waals surface area (Å²) < 4.78 is 35.4. The van der Waals surface area contributed by atoms with Crippen LogP contribution in [-0.4, -0.2) is 90.7 Å². The Hall–Kier alpha value is -7.35. The second kappa shape index (κ2) is 35.3. The van der Waals surface area contributed by atoms with Gasteiger partial charge in [0.25, 0.3) is 0 Å². The van der Waals surface area contributed by atoms with Crippen LogP contribution in [-0.2, 0) is 23.8 Å². The Bertz CT molecular complexity index is 1910. The van der Waals surface area contributed by atoms with Gasteiger partial charge in [-0.25, -0.2) is 14.4 Å². The smallest absolute Gasteiger partial charge is 0.341 e. The van der Waals surface area contributed by atoms with E-state index in [1.54, 1.807) is 73.8 Å². The van der Waals surface area contributed by atoms with Gasteiger partial charge in [0.15, 0.2) is 0 Å². The van der Waals surface area contributed by atoms with Crippen LogP contribution in [0, 0.1) is 10.8 Å². The molecule has 4 rings (SSSR count). The molecule has 14 heteroatoms. The molecule has 0 spiro atoms. The average molecular weight is 881 g/mol. The molecule has 0 saturated carbocycles. The molecule has 0 saturated heterocycles. The first-order valence-electron chi connectivity index (χ1n) is 20.5. The van der Waals surface area contributed by atoms with Crippen LogP contribution >= 0.6 is 0 Å². The highest BCUT2D eigenvalue weighted by atomic mass is 16.5. The lowest BCUT2D eigenvalue weighted by molar-refractivity contribution is -0.138. The van der Waals surface area contributed by atoms with E-state index >= 15 is 0 Å². The minimum Gasteiger partial charge on any atom is -0.497 e. The van der Waals surface area contributed by atoms with E-state index in [0.717, 1.165) is 93.0 Å². The Labute approximate surface area is 376 Å². The van der Waals surface area contributed by atoms with E-state index in [2.05, 4.69) is 17.9 Å². The van der Waals surface area contributed by atoms with Crippen molar-refractivity contribution < 1.29 is 57.1 Å². The lowest BCUT2D eigenvalue weighted by Crippen LogP contribution is -2.04. The van der Waals surface area contributed by atoms with Crippen molar-refractivity contribution in [1.82, 2.24) is 0 Å². The van der Waals surface area contributed by atoms with Gasteiger partial charge < -0.3 is 44.0 Å². The highest BCUT2D eigenvalue weighted by molar-refractivity contribution is 5.94. The summed E-state index contributed by atoms with van der Waals surface area (Å²) in [6.45, 7) is 8.84. The Kier molecular flexibility index (Phi) is 30.1. The molecule has 0 aliphatic heterocycles. The van der Waals surface area contributed by atoms with Gasteiger partial charge in [-0.3, -0.25) is 9.59 Å². The first-order valence-corrected chi connectivity index (χ1v) is 20.5. The summed E-state index contributed by atoms with van der Waals surface area (Å²) in [6.07, 6.45) is 14.1. The van der Waals surface area contributed by atoms with Crippen LogP contribution in [0.1, 0.15) is 93.6 Å². The fraction of sp³-hybridized carbons (Fsp3) is 0.300. The van der Waals surface area contributed by atoms with Crippen molar-refractivity contribution in [3.8, 4) is 23.0 Å². The monoisotopic (exact) mass is 880 g/mol. The van der Waals surface area contributed by atoms with E-state index in [0.29, 0.717) is 54.4 Å². The van der Waals surface area contributed by atoms with Crippen LogP contribution < -0.4 is 18.9 Å². The number of rotatable bonds is 25. The fourth-order valence-electron chi connectivity index (χ4n) is 5.03. The summed E-state index contributed by atoms with van der Waals surface area (Å²) >= 11 is 0. The number of ether oxygens (including phenoxy) is 7. The number of hydrogen-bond donors (Lipinski definition) is 2. The second-order valence-corrected chi connectivity index (χ2v) is 13.2. The molecular formula is C50H60N2O12. The molecule has 342 valence electrons. The molecule has 14 nitrogen and oxygen atoms in total. The van der Waals surface area contributed by atoms with E-state index in [-0.39, 0.29) is 11.9 Å².